The predicted molar refractivity (Wildman–Crippen MR) is 53.0 cm³/mol. The lowest BCUT2D eigenvalue weighted by Crippen LogP contribution is -2.09. The molecule has 0 N–H and O–H groups in total. The maximum Gasteiger partial charge on any atom is 0.103 e. The number of nitrogens with zero attached hydrogens (tertiary/aromatic N) is 4. The average molecular weight is 206 g/mol. The number of hydrogen-bond donors (Lipinski definition) is 0. The molecule has 80 valence electrons. The third kappa shape index (κ3) is 1.85. The number of nitriles is 1. The standard InChI is InChI=1S/C10H14N4O/c1-7(15-2)10-9(5-6-11)12-13-14(10)8-3-4-8/h7-8H,3-5H2,1-2H3. The highest BCUT2D eigenvalue weighted by Gasteiger charge is 2.30. The first-order valence-corrected chi connectivity index (χ1v) is 5.11. The smallest absolute Gasteiger partial charge is 0.103 e. The number of rotatable bonds is 4. The van der Waals surface area contributed by atoms with Gasteiger partial charge in [-0.25, -0.2) is 4.68 Å². The average Bonchev–Trinajstić information content (AvgIpc) is 3.00. The molecule has 1 aliphatic carbocycles. The summed E-state index contributed by atoms with van der Waals surface area (Å²) in [5, 5.41) is 16.8. The van der Waals surface area contributed by atoms with E-state index in [2.05, 4.69) is 16.4 Å². The van der Waals surface area contributed by atoms with Crippen LogP contribution in [0.5, 0.6) is 0 Å². The Bertz CT molecular complexity index is 389. The molecule has 1 atom stereocenters. The van der Waals surface area contributed by atoms with Crippen LogP contribution in [0, 0.1) is 11.3 Å². The second-order valence-corrected chi connectivity index (χ2v) is 3.81. The summed E-state index contributed by atoms with van der Waals surface area (Å²) in [5.74, 6) is 0. The van der Waals surface area contributed by atoms with Crippen molar-refractivity contribution in [2.45, 2.75) is 38.3 Å². The minimum atomic E-state index is -0.0519. The Morgan fingerprint density at radius 2 is 2.40 bits per heavy atom. The highest BCUT2D eigenvalue weighted by atomic mass is 16.5. The second kappa shape index (κ2) is 3.99. The molecule has 1 fully saturated rings. The largest absolute Gasteiger partial charge is 0.375 e. The highest BCUT2D eigenvalue weighted by Crippen LogP contribution is 2.37. The topological polar surface area (TPSA) is 63.7 Å². The fourth-order valence-corrected chi connectivity index (χ4v) is 1.66. The molecule has 0 bridgehead atoms. The van der Waals surface area contributed by atoms with Crippen molar-refractivity contribution in [2.75, 3.05) is 7.11 Å². The van der Waals surface area contributed by atoms with Crippen LogP contribution < -0.4 is 0 Å². The third-order valence-corrected chi connectivity index (χ3v) is 2.68. The zero-order valence-electron chi connectivity index (χ0n) is 8.97. The molecule has 0 aromatic carbocycles. The van der Waals surface area contributed by atoms with Gasteiger partial charge >= 0.3 is 0 Å². The molecular weight excluding hydrogens is 192 g/mol. The first kappa shape index (κ1) is 10.1. The van der Waals surface area contributed by atoms with Crippen LogP contribution in [0.25, 0.3) is 0 Å². The molecule has 1 aliphatic rings. The number of aromatic nitrogens is 3. The SMILES string of the molecule is COC(C)c1c(CC#N)nnn1C1CC1. The predicted octanol–water partition coefficient (Wildman–Crippen LogP) is 1.39. The van der Waals surface area contributed by atoms with E-state index in [1.54, 1.807) is 7.11 Å². The molecule has 1 unspecified atom stereocenters. The molecular formula is C10H14N4O. The quantitative estimate of drug-likeness (QED) is 0.746. The van der Waals surface area contributed by atoms with Gasteiger partial charge in [0.1, 0.15) is 5.69 Å². The maximum absolute atomic E-state index is 8.69. The van der Waals surface area contributed by atoms with Crippen LogP contribution >= 0.6 is 0 Å². The zero-order chi connectivity index (χ0) is 10.8. The molecule has 2 rings (SSSR count). The van der Waals surface area contributed by atoms with Crippen molar-refractivity contribution >= 4 is 0 Å². The van der Waals surface area contributed by atoms with Crippen LogP contribution in [-0.4, -0.2) is 22.1 Å². The van der Waals surface area contributed by atoms with Crippen LogP contribution in [-0.2, 0) is 11.2 Å². The Labute approximate surface area is 88.6 Å². The van der Waals surface area contributed by atoms with Crippen LogP contribution in [0.3, 0.4) is 0 Å². The Balaban J connectivity index is 2.35. The van der Waals surface area contributed by atoms with Gasteiger partial charge in [0.25, 0.3) is 0 Å². The summed E-state index contributed by atoms with van der Waals surface area (Å²) in [6, 6.07) is 2.57. The number of hydrogen-bond acceptors (Lipinski definition) is 4. The summed E-state index contributed by atoms with van der Waals surface area (Å²) < 4.78 is 7.21. The van der Waals surface area contributed by atoms with Gasteiger partial charge in [-0.05, 0) is 19.8 Å². The van der Waals surface area contributed by atoms with Crippen LogP contribution in [0.2, 0.25) is 0 Å². The van der Waals surface area contributed by atoms with Gasteiger partial charge in [0.2, 0.25) is 0 Å². The Hall–Kier alpha value is -1.41. The van der Waals surface area contributed by atoms with E-state index in [4.69, 9.17) is 10.00 Å². The fourth-order valence-electron chi connectivity index (χ4n) is 1.66. The molecule has 0 aliphatic heterocycles. The number of methoxy groups -OCH3 is 1. The van der Waals surface area contributed by atoms with Crippen molar-refractivity contribution in [1.82, 2.24) is 15.0 Å². The molecule has 5 nitrogen and oxygen atoms in total. The first-order chi connectivity index (χ1) is 7.27. The summed E-state index contributed by atoms with van der Waals surface area (Å²) in [6.07, 6.45) is 2.55. The van der Waals surface area contributed by atoms with Crippen LogP contribution in [0.15, 0.2) is 0 Å². The van der Waals surface area contributed by atoms with Gasteiger partial charge in [-0.3, -0.25) is 0 Å². The van der Waals surface area contributed by atoms with Crippen molar-refractivity contribution in [2.24, 2.45) is 0 Å². The molecule has 15 heavy (non-hydrogen) atoms. The summed E-state index contributed by atoms with van der Waals surface area (Å²) in [5.41, 5.74) is 1.71. The summed E-state index contributed by atoms with van der Waals surface area (Å²) in [4.78, 5) is 0. The first-order valence-electron chi connectivity index (χ1n) is 5.11. The van der Waals surface area contributed by atoms with Gasteiger partial charge in [-0.15, -0.1) is 5.10 Å². The fraction of sp³-hybridized carbons (Fsp3) is 0.700. The van der Waals surface area contributed by atoms with E-state index in [1.807, 2.05) is 11.6 Å². The second-order valence-electron chi connectivity index (χ2n) is 3.81. The van der Waals surface area contributed by atoms with E-state index < -0.39 is 0 Å². The van der Waals surface area contributed by atoms with E-state index in [1.165, 1.54) is 0 Å². The van der Waals surface area contributed by atoms with E-state index in [-0.39, 0.29) is 6.10 Å². The van der Waals surface area contributed by atoms with Gasteiger partial charge < -0.3 is 4.74 Å². The minimum absolute atomic E-state index is 0.0519. The van der Waals surface area contributed by atoms with Gasteiger partial charge in [0, 0.05) is 7.11 Å². The minimum Gasteiger partial charge on any atom is -0.375 e. The monoisotopic (exact) mass is 206 g/mol. The highest BCUT2D eigenvalue weighted by molar-refractivity contribution is 5.18. The lowest BCUT2D eigenvalue weighted by atomic mass is 10.2. The Morgan fingerprint density at radius 1 is 1.67 bits per heavy atom. The van der Waals surface area contributed by atoms with Crippen molar-refractivity contribution in [1.29, 1.82) is 5.26 Å². The molecule has 1 aromatic heterocycles. The van der Waals surface area contributed by atoms with Gasteiger partial charge in [-0.1, -0.05) is 5.21 Å². The molecule has 1 aromatic rings. The summed E-state index contributed by atoms with van der Waals surface area (Å²) >= 11 is 0. The lowest BCUT2D eigenvalue weighted by Gasteiger charge is -2.12. The van der Waals surface area contributed by atoms with E-state index >= 15 is 0 Å². The van der Waals surface area contributed by atoms with E-state index in [0.29, 0.717) is 12.5 Å². The normalized spacial score (nSPS) is 17.4. The summed E-state index contributed by atoms with van der Waals surface area (Å²) in [7, 11) is 1.66. The molecule has 0 saturated heterocycles. The third-order valence-electron chi connectivity index (χ3n) is 2.68. The molecule has 5 heteroatoms. The zero-order valence-corrected chi connectivity index (χ0v) is 8.97. The molecule has 0 radical (unpaired) electrons. The van der Waals surface area contributed by atoms with Gasteiger partial charge in [0.15, 0.2) is 0 Å². The van der Waals surface area contributed by atoms with Crippen molar-refractivity contribution in [3.8, 4) is 6.07 Å². The van der Waals surface area contributed by atoms with Crippen molar-refractivity contribution in [3.63, 3.8) is 0 Å². The Morgan fingerprint density at radius 3 is 2.93 bits per heavy atom. The molecule has 0 spiro atoms. The van der Waals surface area contributed by atoms with E-state index in [9.17, 15) is 0 Å². The van der Waals surface area contributed by atoms with Crippen molar-refractivity contribution < 1.29 is 4.74 Å². The van der Waals surface area contributed by atoms with Crippen LogP contribution in [0.4, 0.5) is 0 Å². The molecule has 1 heterocycles. The van der Waals surface area contributed by atoms with Gasteiger partial charge in [0.05, 0.1) is 30.3 Å². The molecule has 1 saturated carbocycles. The van der Waals surface area contributed by atoms with Gasteiger partial charge in [-0.2, -0.15) is 5.26 Å². The van der Waals surface area contributed by atoms with Crippen molar-refractivity contribution in [3.05, 3.63) is 11.4 Å². The number of ether oxygens (including phenoxy) is 1. The molecule has 0 amide bonds. The maximum atomic E-state index is 8.69. The Kier molecular flexibility index (Phi) is 2.69. The summed E-state index contributed by atoms with van der Waals surface area (Å²) in [6.45, 7) is 1.96. The van der Waals surface area contributed by atoms with Crippen LogP contribution in [0.1, 0.15) is 43.3 Å². The lowest BCUT2D eigenvalue weighted by molar-refractivity contribution is 0.110. The van der Waals surface area contributed by atoms with E-state index in [0.717, 1.165) is 24.2 Å².